The lowest BCUT2D eigenvalue weighted by Gasteiger charge is -1.98. The van der Waals surface area contributed by atoms with E-state index in [-0.39, 0.29) is 6.42 Å². The largest absolute Gasteiger partial charge is 0.233 e. The summed E-state index contributed by atoms with van der Waals surface area (Å²) in [4.78, 5) is 10.5. The summed E-state index contributed by atoms with van der Waals surface area (Å²) in [7, 11) is 0. The van der Waals surface area contributed by atoms with Gasteiger partial charge in [-0.2, -0.15) is 5.26 Å². The van der Waals surface area contributed by atoms with Gasteiger partial charge in [0.15, 0.2) is 0 Å². The van der Waals surface area contributed by atoms with Crippen molar-refractivity contribution in [2.45, 2.75) is 6.42 Å². The van der Waals surface area contributed by atoms with Gasteiger partial charge in [0.25, 0.3) is 0 Å². The smallest absolute Gasteiger partial charge is 0.129 e. The highest BCUT2D eigenvalue weighted by molar-refractivity contribution is 6.30. The maximum absolute atomic E-state index is 10.5. The van der Waals surface area contributed by atoms with Crippen molar-refractivity contribution in [3.05, 3.63) is 34.9 Å². The van der Waals surface area contributed by atoms with Gasteiger partial charge in [0.1, 0.15) is 5.94 Å². The third-order valence-corrected chi connectivity index (χ3v) is 1.79. The van der Waals surface area contributed by atoms with E-state index in [2.05, 4.69) is 0 Å². The summed E-state index contributed by atoms with van der Waals surface area (Å²) >= 11 is 5.72. The molecule has 0 aliphatic carbocycles. The SMILES string of the molecule is N#CCC(=C=O)c1cccc(Cl)c1. The van der Waals surface area contributed by atoms with E-state index >= 15 is 0 Å². The molecule has 0 amide bonds. The summed E-state index contributed by atoms with van der Waals surface area (Å²) in [6, 6.07) is 8.69. The Morgan fingerprint density at radius 2 is 2.31 bits per heavy atom. The van der Waals surface area contributed by atoms with Crippen LogP contribution in [0.4, 0.5) is 0 Å². The average molecular weight is 192 g/mol. The van der Waals surface area contributed by atoms with E-state index in [4.69, 9.17) is 16.9 Å². The molecular weight excluding hydrogens is 186 g/mol. The second-order valence-electron chi connectivity index (χ2n) is 2.43. The molecule has 0 bridgehead atoms. The van der Waals surface area contributed by atoms with Gasteiger partial charge >= 0.3 is 0 Å². The minimum Gasteiger partial charge on any atom is -0.233 e. The van der Waals surface area contributed by atoms with Gasteiger partial charge in [0.05, 0.1) is 18.1 Å². The Bertz CT molecular complexity index is 400. The highest BCUT2D eigenvalue weighted by atomic mass is 35.5. The second kappa shape index (κ2) is 4.47. The van der Waals surface area contributed by atoms with Crippen LogP contribution in [0, 0.1) is 11.3 Å². The predicted molar refractivity (Wildman–Crippen MR) is 50.8 cm³/mol. The zero-order valence-corrected chi connectivity index (χ0v) is 7.51. The molecule has 64 valence electrons. The molecular formula is C10H6ClNO. The molecule has 0 aliphatic rings. The number of nitrogens with zero attached hydrogens (tertiary/aromatic N) is 1. The van der Waals surface area contributed by atoms with Crippen LogP contribution >= 0.6 is 11.6 Å². The molecule has 3 heteroatoms. The molecule has 0 N–H and O–H groups in total. The van der Waals surface area contributed by atoms with E-state index in [1.807, 2.05) is 6.07 Å². The third-order valence-electron chi connectivity index (χ3n) is 1.55. The number of hydrogen-bond acceptors (Lipinski definition) is 2. The first-order valence-corrected chi connectivity index (χ1v) is 4.02. The summed E-state index contributed by atoms with van der Waals surface area (Å²) in [5.41, 5.74) is 0.994. The Hall–Kier alpha value is -1.55. The minimum atomic E-state index is 0.0594. The van der Waals surface area contributed by atoms with Crippen LogP contribution in [0.3, 0.4) is 0 Å². The Morgan fingerprint density at radius 3 is 2.85 bits per heavy atom. The van der Waals surface area contributed by atoms with Gasteiger partial charge in [0, 0.05) is 5.02 Å². The van der Waals surface area contributed by atoms with Gasteiger partial charge in [-0.05, 0) is 17.7 Å². The summed E-state index contributed by atoms with van der Waals surface area (Å²) in [5, 5.41) is 8.96. The van der Waals surface area contributed by atoms with Gasteiger partial charge < -0.3 is 0 Å². The van der Waals surface area contributed by atoms with Crippen molar-refractivity contribution in [1.82, 2.24) is 0 Å². The van der Waals surface area contributed by atoms with Crippen molar-refractivity contribution in [1.29, 1.82) is 5.26 Å². The zero-order valence-electron chi connectivity index (χ0n) is 6.75. The molecule has 0 fully saturated rings. The first-order valence-electron chi connectivity index (χ1n) is 3.65. The number of nitriles is 1. The van der Waals surface area contributed by atoms with Crippen LogP contribution in [0.25, 0.3) is 5.57 Å². The zero-order chi connectivity index (χ0) is 9.68. The Labute approximate surface area is 81.1 Å². The molecule has 0 atom stereocenters. The number of allylic oxidation sites excluding steroid dienone is 1. The third kappa shape index (κ3) is 2.45. The minimum absolute atomic E-state index is 0.0594. The van der Waals surface area contributed by atoms with Crippen LogP contribution in [-0.4, -0.2) is 5.94 Å². The van der Waals surface area contributed by atoms with Crippen molar-refractivity contribution in [3.63, 3.8) is 0 Å². The van der Waals surface area contributed by atoms with Crippen LogP contribution in [0.5, 0.6) is 0 Å². The van der Waals surface area contributed by atoms with Crippen molar-refractivity contribution in [3.8, 4) is 6.07 Å². The molecule has 1 aromatic rings. The fourth-order valence-corrected chi connectivity index (χ4v) is 1.14. The second-order valence-corrected chi connectivity index (χ2v) is 2.86. The van der Waals surface area contributed by atoms with Crippen molar-refractivity contribution in [2.75, 3.05) is 0 Å². The maximum Gasteiger partial charge on any atom is 0.129 e. The lowest BCUT2D eigenvalue weighted by Crippen LogP contribution is -1.83. The number of benzene rings is 1. The molecule has 0 saturated heterocycles. The molecule has 0 saturated carbocycles. The van der Waals surface area contributed by atoms with Crippen LogP contribution in [0.15, 0.2) is 24.3 Å². The van der Waals surface area contributed by atoms with Gasteiger partial charge in [0.2, 0.25) is 0 Å². The summed E-state index contributed by atoms with van der Waals surface area (Å²) in [6.07, 6.45) is 0.0594. The predicted octanol–water partition coefficient (Wildman–Crippen LogP) is 2.47. The molecule has 0 aromatic heterocycles. The van der Waals surface area contributed by atoms with Gasteiger partial charge in [-0.15, -0.1) is 0 Å². The van der Waals surface area contributed by atoms with Crippen molar-refractivity contribution >= 4 is 23.1 Å². The van der Waals surface area contributed by atoms with Gasteiger partial charge in [-0.3, -0.25) is 0 Å². The van der Waals surface area contributed by atoms with Crippen LogP contribution in [0.1, 0.15) is 12.0 Å². The van der Waals surface area contributed by atoms with Gasteiger partial charge in [-0.1, -0.05) is 23.7 Å². The summed E-state index contributed by atoms with van der Waals surface area (Å²) in [5.74, 6) is 1.73. The van der Waals surface area contributed by atoms with E-state index in [1.165, 1.54) is 0 Å². The van der Waals surface area contributed by atoms with E-state index in [9.17, 15) is 4.79 Å². The molecule has 0 radical (unpaired) electrons. The normalized spacial score (nSPS) is 8.62. The van der Waals surface area contributed by atoms with Crippen LogP contribution < -0.4 is 0 Å². The van der Waals surface area contributed by atoms with Crippen LogP contribution in [-0.2, 0) is 4.79 Å². The number of hydrogen-bond donors (Lipinski definition) is 0. The summed E-state index contributed by atoms with van der Waals surface area (Å²) in [6.45, 7) is 0. The first kappa shape index (κ1) is 9.54. The fraction of sp³-hybridized carbons (Fsp3) is 0.100. The highest BCUT2D eigenvalue weighted by Gasteiger charge is 2.01. The van der Waals surface area contributed by atoms with E-state index in [0.29, 0.717) is 16.2 Å². The van der Waals surface area contributed by atoms with E-state index in [0.717, 1.165) is 0 Å². The van der Waals surface area contributed by atoms with Crippen molar-refractivity contribution in [2.24, 2.45) is 0 Å². The lowest BCUT2D eigenvalue weighted by molar-refractivity contribution is 0.569. The highest BCUT2D eigenvalue weighted by Crippen LogP contribution is 2.18. The first-order chi connectivity index (χ1) is 6.27. The Kier molecular flexibility index (Phi) is 3.28. The molecule has 1 aromatic carbocycles. The molecule has 1 rings (SSSR count). The summed E-state index contributed by atoms with van der Waals surface area (Å²) < 4.78 is 0. The molecule has 2 nitrogen and oxygen atoms in total. The lowest BCUT2D eigenvalue weighted by atomic mass is 10.1. The molecule has 0 spiro atoms. The fourth-order valence-electron chi connectivity index (χ4n) is 0.952. The Morgan fingerprint density at radius 1 is 1.54 bits per heavy atom. The monoisotopic (exact) mass is 191 g/mol. The Balaban J connectivity index is 3.08. The van der Waals surface area contributed by atoms with Gasteiger partial charge in [-0.25, -0.2) is 4.79 Å². The average Bonchev–Trinajstić information content (AvgIpc) is 2.14. The molecule has 0 unspecified atom stereocenters. The number of rotatable bonds is 2. The maximum atomic E-state index is 10.5. The molecule has 13 heavy (non-hydrogen) atoms. The van der Waals surface area contributed by atoms with E-state index < -0.39 is 0 Å². The topological polar surface area (TPSA) is 40.9 Å². The number of halogens is 1. The quantitative estimate of drug-likeness (QED) is 0.674. The van der Waals surface area contributed by atoms with E-state index in [1.54, 1.807) is 30.2 Å². The molecule has 0 aliphatic heterocycles. The molecule has 0 heterocycles. The number of carbonyl (C=O) groups excluding carboxylic acids is 1. The van der Waals surface area contributed by atoms with Crippen LogP contribution in [0.2, 0.25) is 5.02 Å². The standard InChI is InChI=1S/C10H6ClNO/c11-10-3-1-2-8(6-10)9(7-13)4-5-12/h1-3,6H,4H2. The van der Waals surface area contributed by atoms with Crippen molar-refractivity contribution < 1.29 is 4.79 Å².